The molecule has 1 aromatic heterocycles. The van der Waals surface area contributed by atoms with Crippen molar-refractivity contribution in [3.8, 4) is 0 Å². The van der Waals surface area contributed by atoms with Crippen molar-refractivity contribution < 1.29 is 9.32 Å². The van der Waals surface area contributed by atoms with Gasteiger partial charge < -0.3 is 9.42 Å². The molecule has 0 saturated carbocycles. The first-order valence-corrected chi connectivity index (χ1v) is 7.93. The number of anilines is 1. The number of hydrogen-bond acceptors (Lipinski definition) is 4. The molecule has 1 unspecified atom stereocenters. The van der Waals surface area contributed by atoms with Crippen molar-refractivity contribution in [2.45, 2.75) is 44.9 Å². The van der Waals surface area contributed by atoms with E-state index in [1.165, 1.54) is 24.0 Å². The van der Waals surface area contributed by atoms with Gasteiger partial charge in [-0.15, -0.1) is 0 Å². The number of benzene rings is 1. The molecule has 0 N–H and O–H groups in total. The van der Waals surface area contributed by atoms with Crippen LogP contribution in [0.5, 0.6) is 0 Å². The number of rotatable bonds is 2. The van der Waals surface area contributed by atoms with Gasteiger partial charge in [0.25, 0.3) is 0 Å². The average Bonchev–Trinajstić information content (AvgIpc) is 3.13. The molecule has 22 heavy (non-hydrogen) atoms. The summed E-state index contributed by atoms with van der Waals surface area (Å²) in [5.74, 6) is 1.36. The Morgan fingerprint density at radius 2 is 2.14 bits per heavy atom. The highest BCUT2D eigenvalue weighted by Gasteiger charge is 2.36. The maximum atomic E-state index is 12.5. The minimum absolute atomic E-state index is 0.00754. The van der Waals surface area contributed by atoms with E-state index in [9.17, 15) is 4.79 Å². The Morgan fingerprint density at radius 1 is 1.27 bits per heavy atom. The third kappa shape index (κ3) is 2.21. The van der Waals surface area contributed by atoms with Crippen LogP contribution >= 0.6 is 0 Å². The molecule has 0 spiro atoms. The summed E-state index contributed by atoms with van der Waals surface area (Å²) in [6.07, 6.45) is 5.09. The molecule has 2 aliphatic rings. The second kappa shape index (κ2) is 5.23. The van der Waals surface area contributed by atoms with Crippen molar-refractivity contribution in [3.63, 3.8) is 0 Å². The summed E-state index contributed by atoms with van der Waals surface area (Å²) in [6, 6.07) is 6.33. The highest BCUT2D eigenvalue weighted by atomic mass is 16.5. The molecule has 1 amide bonds. The van der Waals surface area contributed by atoms with Crippen molar-refractivity contribution in [1.82, 2.24) is 10.1 Å². The van der Waals surface area contributed by atoms with Crippen molar-refractivity contribution in [2.24, 2.45) is 0 Å². The van der Waals surface area contributed by atoms with E-state index < -0.39 is 0 Å². The van der Waals surface area contributed by atoms with Crippen LogP contribution in [0.25, 0.3) is 0 Å². The molecule has 1 saturated heterocycles. The molecule has 1 atom stereocenters. The molecule has 5 nitrogen and oxygen atoms in total. The van der Waals surface area contributed by atoms with Crippen LogP contribution in [0.3, 0.4) is 0 Å². The SMILES string of the molecule is Cc1noc(C2CC(=O)N(c3cccc4c3CCCC4)C2)n1. The molecule has 1 aliphatic carbocycles. The average molecular weight is 297 g/mol. The lowest BCUT2D eigenvalue weighted by atomic mass is 9.90. The highest BCUT2D eigenvalue weighted by molar-refractivity contribution is 5.97. The lowest BCUT2D eigenvalue weighted by Crippen LogP contribution is -2.26. The van der Waals surface area contributed by atoms with Crippen LogP contribution < -0.4 is 4.90 Å². The van der Waals surface area contributed by atoms with Crippen LogP contribution in [0.4, 0.5) is 5.69 Å². The lowest BCUT2D eigenvalue weighted by molar-refractivity contribution is -0.117. The number of aromatic nitrogens is 2. The fourth-order valence-electron chi connectivity index (χ4n) is 3.60. The van der Waals surface area contributed by atoms with Crippen molar-refractivity contribution >= 4 is 11.6 Å². The van der Waals surface area contributed by atoms with Crippen LogP contribution in [0, 0.1) is 6.92 Å². The first kappa shape index (κ1) is 13.5. The summed E-state index contributed by atoms with van der Waals surface area (Å²) in [5, 5.41) is 3.84. The number of nitrogens with zero attached hydrogens (tertiary/aromatic N) is 3. The standard InChI is InChI=1S/C17H19N3O2/c1-11-18-17(22-19-11)13-9-16(21)20(10-13)15-8-4-6-12-5-2-3-7-14(12)15/h4,6,8,13H,2-3,5,7,9-10H2,1H3. The molecule has 2 heterocycles. The van der Waals surface area contributed by atoms with Gasteiger partial charge in [0.2, 0.25) is 11.8 Å². The second-order valence-corrected chi connectivity index (χ2v) is 6.21. The zero-order valence-electron chi connectivity index (χ0n) is 12.7. The summed E-state index contributed by atoms with van der Waals surface area (Å²) < 4.78 is 5.25. The third-order valence-electron chi connectivity index (χ3n) is 4.68. The summed E-state index contributed by atoms with van der Waals surface area (Å²) in [6.45, 7) is 2.44. The predicted molar refractivity (Wildman–Crippen MR) is 81.8 cm³/mol. The van der Waals surface area contributed by atoms with E-state index >= 15 is 0 Å². The van der Waals surface area contributed by atoms with E-state index in [0.29, 0.717) is 24.7 Å². The van der Waals surface area contributed by atoms with Crippen LogP contribution in [-0.2, 0) is 17.6 Å². The number of carbonyl (C=O) groups is 1. The Bertz CT molecular complexity index is 722. The van der Waals surface area contributed by atoms with Gasteiger partial charge >= 0.3 is 0 Å². The maximum Gasteiger partial charge on any atom is 0.232 e. The Kier molecular flexibility index (Phi) is 3.21. The lowest BCUT2D eigenvalue weighted by Gasteiger charge is -2.25. The molecule has 0 bridgehead atoms. The first-order chi connectivity index (χ1) is 10.7. The highest BCUT2D eigenvalue weighted by Crippen LogP contribution is 2.36. The van der Waals surface area contributed by atoms with Gasteiger partial charge in [0.1, 0.15) is 0 Å². The van der Waals surface area contributed by atoms with E-state index in [1.807, 2.05) is 4.90 Å². The molecule has 1 aliphatic heterocycles. The Hall–Kier alpha value is -2.17. The molecular weight excluding hydrogens is 278 g/mol. The van der Waals surface area contributed by atoms with Gasteiger partial charge in [0.05, 0.1) is 5.92 Å². The fraction of sp³-hybridized carbons (Fsp3) is 0.471. The summed E-state index contributed by atoms with van der Waals surface area (Å²) in [5.41, 5.74) is 3.83. The van der Waals surface area contributed by atoms with E-state index in [2.05, 4.69) is 28.3 Å². The molecule has 1 fully saturated rings. The van der Waals surface area contributed by atoms with Crippen LogP contribution in [0.1, 0.15) is 48.0 Å². The quantitative estimate of drug-likeness (QED) is 0.855. The van der Waals surface area contributed by atoms with E-state index in [4.69, 9.17) is 4.52 Å². The topological polar surface area (TPSA) is 59.2 Å². The van der Waals surface area contributed by atoms with E-state index in [1.54, 1.807) is 6.92 Å². The van der Waals surface area contributed by atoms with Gasteiger partial charge in [0, 0.05) is 18.7 Å². The number of carbonyl (C=O) groups excluding carboxylic acids is 1. The van der Waals surface area contributed by atoms with E-state index in [-0.39, 0.29) is 11.8 Å². The van der Waals surface area contributed by atoms with Crippen LogP contribution in [0.2, 0.25) is 0 Å². The molecule has 2 aromatic rings. The normalized spacial score (nSPS) is 21.2. The minimum atomic E-state index is 0.00754. The Labute approximate surface area is 129 Å². The molecule has 4 rings (SSSR count). The Morgan fingerprint density at radius 3 is 2.95 bits per heavy atom. The van der Waals surface area contributed by atoms with Gasteiger partial charge in [-0.25, -0.2) is 0 Å². The summed E-state index contributed by atoms with van der Waals surface area (Å²) >= 11 is 0. The van der Waals surface area contributed by atoms with Crippen molar-refractivity contribution in [1.29, 1.82) is 0 Å². The van der Waals surface area contributed by atoms with Gasteiger partial charge in [0.15, 0.2) is 5.82 Å². The van der Waals surface area contributed by atoms with Crippen molar-refractivity contribution in [3.05, 3.63) is 41.0 Å². The monoisotopic (exact) mass is 297 g/mol. The summed E-state index contributed by atoms with van der Waals surface area (Å²) in [7, 11) is 0. The first-order valence-electron chi connectivity index (χ1n) is 7.93. The Balaban J connectivity index is 1.65. The maximum absolute atomic E-state index is 12.5. The smallest absolute Gasteiger partial charge is 0.232 e. The molecule has 0 radical (unpaired) electrons. The predicted octanol–water partition coefficient (Wildman–Crippen LogP) is 2.78. The van der Waals surface area contributed by atoms with Crippen LogP contribution in [0.15, 0.2) is 22.7 Å². The number of amides is 1. The molecule has 5 heteroatoms. The van der Waals surface area contributed by atoms with Gasteiger partial charge in [-0.05, 0) is 49.8 Å². The van der Waals surface area contributed by atoms with Gasteiger partial charge in [-0.3, -0.25) is 4.79 Å². The number of hydrogen-bond donors (Lipinski definition) is 0. The molecule has 1 aromatic carbocycles. The third-order valence-corrected chi connectivity index (χ3v) is 4.68. The fourth-order valence-corrected chi connectivity index (χ4v) is 3.60. The zero-order chi connectivity index (χ0) is 15.1. The second-order valence-electron chi connectivity index (χ2n) is 6.21. The number of fused-ring (bicyclic) bond motifs is 1. The van der Waals surface area contributed by atoms with Gasteiger partial charge in [-0.2, -0.15) is 4.98 Å². The zero-order valence-corrected chi connectivity index (χ0v) is 12.7. The van der Waals surface area contributed by atoms with Crippen molar-refractivity contribution in [2.75, 3.05) is 11.4 Å². The minimum Gasteiger partial charge on any atom is -0.339 e. The summed E-state index contributed by atoms with van der Waals surface area (Å²) in [4.78, 5) is 18.7. The van der Waals surface area contributed by atoms with Crippen LogP contribution in [-0.4, -0.2) is 22.6 Å². The van der Waals surface area contributed by atoms with Gasteiger partial charge in [-0.1, -0.05) is 17.3 Å². The number of aryl methyl sites for hydroxylation is 2. The van der Waals surface area contributed by atoms with E-state index in [0.717, 1.165) is 18.5 Å². The molecular formula is C17H19N3O2. The molecule has 114 valence electrons. The largest absolute Gasteiger partial charge is 0.339 e.